The second-order valence-electron chi connectivity index (χ2n) is 5.04. The summed E-state index contributed by atoms with van der Waals surface area (Å²) in [5.74, 6) is -1.90. The van der Waals surface area contributed by atoms with Crippen molar-refractivity contribution in [3.8, 4) is 0 Å². The molecule has 0 spiro atoms. The Balaban J connectivity index is 1.95. The number of sulfonamides is 1. The predicted molar refractivity (Wildman–Crippen MR) is 81.2 cm³/mol. The fourth-order valence-electron chi connectivity index (χ4n) is 2.45. The Morgan fingerprint density at radius 2 is 1.87 bits per heavy atom. The Labute approximate surface area is 136 Å². The average Bonchev–Trinajstić information content (AvgIpc) is 2.47. The van der Waals surface area contributed by atoms with Gasteiger partial charge in [0.2, 0.25) is 10.0 Å². The lowest BCUT2D eigenvalue weighted by Gasteiger charge is -2.26. The van der Waals surface area contributed by atoms with E-state index in [1.807, 2.05) is 0 Å². The van der Waals surface area contributed by atoms with Crippen LogP contribution in [0.25, 0.3) is 0 Å². The van der Waals surface area contributed by atoms with Gasteiger partial charge in [-0.1, -0.05) is 12.1 Å². The Morgan fingerprint density at radius 1 is 1.09 bits per heavy atom. The van der Waals surface area contributed by atoms with Gasteiger partial charge in [0, 0.05) is 17.0 Å². The van der Waals surface area contributed by atoms with E-state index in [1.165, 1.54) is 23.9 Å². The first kappa shape index (κ1) is 16.4. The number of benzene rings is 2. The van der Waals surface area contributed by atoms with E-state index in [9.17, 15) is 21.6 Å². The monoisotopic (exact) mass is 359 g/mol. The first-order valence-electron chi connectivity index (χ1n) is 6.77. The molecule has 1 aliphatic rings. The van der Waals surface area contributed by atoms with Gasteiger partial charge in [0.25, 0.3) is 0 Å². The fourth-order valence-corrected chi connectivity index (χ4v) is 4.90. The minimum Gasteiger partial charge on any atom is -0.207 e. The Kier molecular flexibility index (Phi) is 4.39. The molecule has 1 atom stereocenters. The SMILES string of the molecule is O=S(=O)(NC1CCSc2c(F)cccc21)c1ccc(F)cc1F. The van der Waals surface area contributed by atoms with Crippen LogP contribution in [0, 0.1) is 17.5 Å². The minimum atomic E-state index is -4.19. The molecule has 3 rings (SSSR count). The normalized spacial score (nSPS) is 17.8. The van der Waals surface area contributed by atoms with E-state index in [-0.39, 0.29) is 0 Å². The Hall–Kier alpha value is -1.51. The molecule has 1 aliphatic heterocycles. The maximum Gasteiger partial charge on any atom is 0.244 e. The smallest absolute Gasteiger partial charge is 0.207 e. The van der Waals surface area contributed by atoms with Gasteiger partial charge in [-0.15, -0.1) is 11.8 Å². The molecule has 1 heterocycles. The zero-order chi connectivity index (χ0) is 16.6. The van der Waals surface area contributed by atoms with Crippen LogP contribution < -0.4 is 4.72 Å². The molecule has 23 heavy (non-hydrogen) atoms. The van der Waals surface area contributed by atoms with E-state index in [2.05, 4.69) is 4.72 Å². The molecule has 122 valence electrons. The summed E-state index contributed by atoms with van der Waals surface area (Å²) in [6, 6.07) is 6.05. The van der Waals surface area contributed by atoms with Crippen molar-refractivity contribution in [1.82, 2.24) is 4.72 Å². The highest BCUT2D eigenvalue weighted by Crippen LogP contribution is 2.38. The van der Waals surface area contributed by atoms with E-state index < -0.39 is 38.4 Å². The van der Waals surface area contributed by atoms with Gasteiger partial charge in [-0.3, -0.25) is 0 Å². The molecule has 0 amide bonds. The number of rotatable bonds is 3. The number of hydrogen-bond donors (Lipinski definition) is 1. The molecule has 8 heteroatoms. The van der Waals surface area contributed by atoms with Crippen molar-refractivity contribution in [3.63, 3.8) is 0 Å². The Morgan fingerprint density at radius 3 is 2.61 bits per heavy atom. The summed E-state index contributed by atoms with van der Waals surface area (Å²) in [5, 5.41) is 0. The van der Waals surface area contributed by atoms with Gasteiger partial charge in [0.1, 0.15) is 22.3 Å². The molecule has 0 saturated carbocycles. The number of halogens is 3. The molecule has 0 fully saturated rings. The third-order valence-corrected chi connectivity index (χ3v) is 6.17. The molecule has 1 N–H and O–H groups in total. The highest BCUT2D eigenvalue weighted by molar-refractivity contribution is 7.99. The molecule has 2 aromatic rings. The molecular weight excluding hydrogens is 347 g/mol. The van der Waals surface area contributed by atoms with Crippen molar-refractivity contribution in [3.05, 3.63) is 59.4 Å². The lowest BCUT2D eigenvalue weighted by molar-refractivity contribution is 0.519. The van der Waals surface area contributed by atoms with Crippen LogP contribution in [0.2, 0.25) is 0 Å². The number of hydrogen-bond acceptors (Lipinski definition) is 3. The third-order valence-electron chi connectivity index (χ3n) is 3.51. The second-order valence-corrected chi connectivity index (χ2v) is 7.83. The van der Waals surface area contributed by atoms with E-state index >= 15 is 0 Å². The van der Waals surface area contributed by atoms with Gasteiger partial charge < -0.3 is 0 Å². The first-order valence-corrected chi connectivity index (χ1v) is 9.24. The second kappa shape index (κ2) is 6.18. The van der Waals surface area contributed by atoms with Crippen molar-refractivity contribution in [2.75, 3.05) is 5.75 Å². The van der Waals surface area contributed by atoms with Gasteiger partial charge in [-0.05, 0) is 35.9 Å². The maximum atomic E-state index is 13.8. The summed E-state index contributed by atoms with van der Waals surface area (Å²) in [6.45, 7) is 0. The zero-order valence-corrected chi connectivity index (χ0v) is 13.4. The van der Waals surface area contributed by atoms with Gasteiger partial charge in [0.15, 0.2) is 0 Å². The van der Waals surface area contributed by atoms with E-state index in [0.29, 0.717) is 28.7 Å². The molecular formula is C15H12F3NO2S2. The summed E-state index contributed by atoms with van der Waals surface area (Å²) in [6.07, 6.45) is 0.448. The van der Waals surface area contributed by atoms with Crippen molar-refractivity contribution < 1.29 is 21.6 Å². The van der Waals surface area contributed by atoms with E-state index in [1.54, 1.807) is 6.07 Å². The van der Waals surface area contributed by atoms with Crippen LogP contribution in [0.15, 0.2) is 46.2 Å². The van der Waals surface area contributed by atoms with Crippen LogP contribution in [0.4, 0.5) is 13.2 Å². The summed E-state index contributed by atoms with van der Waals surface area (Å²) in [7, 11) is -4.19. The van der Waals surface area contributed by atoms with E-state index in [4.69, 9.17) is 0 Å². The minimum absolute atomic E-state index is 0.394. The van der Waals surface area contributed by atoms with Crippen molar-refractivity contribution in [2.45, 2.75) is 22.3 Å². The fraction of sp³-hybridized carbons (Fsp3) is 0.200. The van der Waals surface area contributed by atoms with Gasteiger partial charge in [-0.25, -0.2) is 26.3 Å². The zero-order valence-electron chi connectivity index (χ0n) is 11.7. The average molecular weight is 359 g/mol. The molecule has 0 bridgehead atoms. The van der Waals surface area contributed by atoms with Crippen LogP contribution in [-0.4, -0.2) is 14.2 Å². The largest absolute Gasteiger partial charge is 0.244 e. The predicted octanol–water partition coefficient (Wildman–Crippen LogP) is 3.62. The molecule has 0 aliphatic carbocycles. The Bertz CT molecular complexity index is 856. The number of fused-ring (bicyclic) bond motifs is 1. The molecule has 1 unspecified atom stereocenters. The number of thioether (sulfide) groups is 1. The summed E-state index contributed by atoms with van der Waals surface area (Å²) in [4.78, 5) is -0.235. The van der Waals surface area contributed by atoms with Crippen LogP contribution in [0.3, 0.4) is 0 Å². The lowest BCUT2D eigenvalue weighted by Crippen LogP contribution is -2.31. The molecule has 2 aromatic carbocycles. The summed E-state index contributed by atoms with van der Waals surface area (Å²) in [5.41, 5.74) is 0.521. The highest BCUT2D eigenvalue weighted by Gasteiger charge is 2.29. The third kappa shape index (κ3) is 3.24. The van der Waals surface area contributed by atoms with Gasteiger partial charge in [-0.2, -0.15) is 0 Å². The van der Waals surface area contributed by atoms with E-state index in [0.717, 1.165) is 12.1 Å². The standard InChI is InChI=1S/C15H12F3NO2S2/c16-9-4-5-14(12(18)8-9)23(20,21)19-13-6-7-22-15-10(13)2-1-3-11(15)17/h1-5,8,13,19H,6-7H2. The molecule has 0 radical (unpaired) electrons. The van der Waals surface area contributed by atoms with Crippen molar-refractivity contribution >= 4 is 21.8 Å². The first-order chi connectivity index (χ1) is 10.9. The molecule has 3 nitrogen and oxygen atoms in total. The van der Waals surface area contributed by atoms with Crippen LogP contribution in [0.5, 0.6) is 0 Å². The highest BCUT2D eigenvalue weighted by atomic mass is 32.2. The summed E-state index contributed by atoms with van der Waals surface area (Å²) >= 11 is 1.31. The topological polar surface area (TPSA) is 46.2 Å². The van der Waals surface area contributed by atoms with Gasteiger partial charge in [0.05, 0.1) is 0 Å². The maximum absolute atomic E-state index is 13.8. The van der Waals surface area contributed by atoms with Crippen molar-refractivity contribution in [2.24, 2.45) is 0 Å². The number of nitrogens with one attached hydrogen (secondary N) is 1. The van der Waals surface area contributed by atoms with Crippen LogP contribution >= 0.6 is 11.8 Å². The van der Waals surface area contributed by atoms with Crippen LogP contribution in [0.1, 0.15) is 18.0 Å². The summed E-state index contributed by atoms with van der Waals surface area (Å²) < 4.78 is 67.6. The van der Waals surface area contributed by atoms with Crippen molar-refractivity contribution in [1.29, 1.82) is 0 Å². The quantitative estimate of drug-likeness (QED) is 0.911. The van der Waals surface area contributed by atoms with Gasteiger partial charge >= 0.3 is 0 Å². The molecule has 0 saturated heterocycles. The lowest BCUT2D eigenvalue weighted by atomic mass is 10.0. The molecule has 0 aromatic heterocycles. The van der Waals surface area contributed by atoms with Crippen LogP contribution in [-0.2, 0) is 10.0 Å².